The van der Waals surface area contributed by atoms with Gasteiger partial charge in [-0.25, -0.2) is 0 Å². The summed E-state index contributed by atoms with van der Waals surface area (Å²) in [4.78, 5) is 28.3. The number of β-lactam (4-membered cyclic amide) rings is 1. The first-order valence-electron chi connectivity index (χ1n) is 10.3. The van der Waals surface area contributed by atoms with Crippen molar-refractivity contribution in [3.05, 3.63) is 89.0 Å². The van der Waals surface area contributed by atoms with Crippen LogP contribution in [0.4, 0.5) is 11.4 Å². The first-order valence-corrected chi connectivity index (χ1v) is 10.3. The Kier molecular flexibility index (Phi) is 5.27. The molecule has 1 heterocycles. The van der Waals surface area contributed by atoms with E-state index in [1.54, 1.807) is 12.0 Å². The minimum atomic E-state index is -1.13. The summed E-state index contributed by atoms with van der Waals surface area (Å²) in [5.74, 6) is 0.383. The van der Waals surface area contributed by atoms with Crippen molar-refractivity contribution in [2.75, 3.05) is 17.3 Å². The fourth-order valence-corrected chi connectivity index (χ4v) is 4.20. The van der Waals surface area contributed by atoms with Crippen LogP contribution in [0.3, 0.4) is 0 Å². The summed E-state index contributed by atoms with van der Waals surface area (Å²) in [5.41, 5.74) is 4.14. The molecule has 0 saturated carbocycles. The maximum Gasteiger partial charge on any atom is 0.255 e. The molecule has 0 radical (unpaired) electrons. The van der Waals surface area contributed by atoms with E-state index in [2.05, 4.69) is 5.32 Å². The van der Waals surface area contributed by atoms with Gasteiger partial charge in [0.05, 0.1) is 13.5 Å². The highest BCUT2D eigenvalue weighted by atomic mass is 16.5. The molecule has 1 aliphatic rings. The zero-order valence-corrected chi connectivity index (χ0v) is 18.2. The van der Waals surface area contributed by atoms with E-state index in [0.717, 1.165) is 27.9 Å². The predicted octanol–water partition coefficient (Wildman–Crippen LogP) is 4.89. The van der Waals surface area contributed by atoms with E-state index in [-0.39, 0.29) is 18.2 Å². The fraction of sp³-hybridized carbons (Fsp3) is 0.231. The molecule has 0 aliphatic carbocycles. The molecule has 1 saturated heterocycles. The van der Waals surface area contributed by atoms with Gasteiger partial charge in [-0.15, -0.1) is 0 Å². The van der Waals surface area contributed by atoms with Crippen LogP contribution in [0.15, 0.2) is 66.7 Å². The third-order valence-electron chi connectivity index (χ3n) is 5.99. The van der Waals surface area contributed by atoms with E-state index in [9.17, 15) is 9.59 Å². The Balaban J connectivity index is 1.82. The average molecular weight is 415 g/mol. The number of carbonyl (C=O) groups is 2. The van der Waals surface area contributed by atoms with Gasteiger partial charge in [0.1, 0.15) is 5.75 Å². The van der Waals surface area contributed by atoms with Crippen LogP contribution in [-0.2, 0) is 15.1 Å². The van der Waals surface area contributed by atoms with Gasteiger partial charge >= 0.3 is 0 Å². The van der Waals surface area contributed by atoms with Gasteiger partial charge in [-0.05, 0) is 61.7 Å². The lowest BCUT2D eigenvalue weighted by Crippen LogP contribution is -2.67. The standard InChI is InChI=1S/C26H26N2O3/c1-17-8-12-21(13-9-17)28-23(29)16-26(28,20-10-14-22(31-4)15-11-20)25(30)27-24-18(2)6-5-7-19(24)3/h5-15H,16H2,1-4H3,(H,27,30)/t26-/m0/s1. The number of nitrogens with one attached hydrogen (secondary N) is 1. The number of ether oxygens (including phenoxy) is 1. The topological polar surface area (TPSA) is 58.6 Å². The summed E-state index contributed by atoms with van der Waals surface area (Å²) in [7, 11) is 1.60. The van der Waals surface area contributed by atoms with Crippen molar-refractivity contribution in [2.24, 2.45) is 0 Å². The van der Waals surface area contributed by atoms with Crippen molar-refractivity contribution in [3.63, 3.8) is 0 Å². The molecule has 3 aromatic rings. The molecule has 0 bridgehead atoms. The van der Waals surface area contributed by atoms with Crippen molar-refractivity contribution < 1.29 is 14.3 Å². The van der Waals surface area contributed by atoms with E-state index in [1.807, 2.05) is 87.5 Å². The number of hydrogen-bond acceptors (Lipinski definition) is 3. The van der Waals surface area contributed by atoms with Gasteiger partial charge in [0, 0.05) is 11.4 Å². The molecule has 1 atom stereocenters. The van der Waals surface area contributed by atoms with Crippen molar-refractivity contribution in [1.29, 1.82) is 0 Å². The normalized spacial score (nSPS) is 17.8. The molecule has 5 nitrogen and oxygen atoms in total. The van der Waals surface area contributed by atoms with E-state index in [0.29, 0.717) is 11.4 Å². The van der Waals surface area contributed by atoms with E-state index in [1.165, 1.54) is 0 Å². The monoisotopic (exact) mass is 414 g/mol. The van der Waals surface area contributed by atoms with Gasteiger partial charge in [-0.1, -0.05) is 48.0 Å². The molecule has 0 unspecified atom stereocenters. The number of nitrogens with zero attached hydrogens (tertiary/aromatic N) is 1. The minimum absolute atomic E-state index is 0.0867. The summed E-state index contributed by atoms with van der Waals surface area (Å²) >= 11 is 0. The molecule has 3 aromatic carbocycles. The molecule has 0 aromatic heterocycles. The summed E-state index contributed by atoms with van der Waals surface area (Å²) in [6.07, 6.45) is 0.101. The lowest BCUT2D eigenvalue weighted by atomic mass is 9.75. The molecule has 158 valence electrons. The molecule has 1 fully saturated rings. The zero-order chi connectivity index (χ0) is 22.2. The van der Waals surface area contributed by atoms with Gasteiger partial charge < -0.3 is 10.1 Å². The Morgan fingerprint density at radius 1 is 0.935 bits per heavy atom. The van der Waals surface area contributed by atoms with Crippen LogP contribution in [0.25, 0.3) is 0 Å². The quantitative estimate of drug-likeness (QED) is 0.605. The highest BCUT2D eigenvalue weighted by molar-refractivity contribution is 6.17. The van der Waals surface area contributed by atoms with E-state index in [4.69, 9.17) is 4.74 Å². The number of carbonyl (C=O) groups excluding carboxylic acids is 2. The molecular weight excluding hydrogens is 388 g/mol. The lowest BCUT2D eigenvalue weighted by molar-refractivity contribution is -0.137. The van der Waals surface area contributed by atoms with Crippen molar-refractivity contribution in [1.82, 2.24) is 0 Å². The summed E-state index contributed by atoms with van der Waals surface area (Å²) in [6, 6.07) is 20.9. The zero-order valence-electron chi connectivity index (χ0n) is 18.2. The number of aryl methyl sites for hydroxylation is 3. The second-order valence-electron chi connectivity index (χ2n) is 8.05. The van der Waals surface area contributed by atoms with Crippen LogP contribution in [0.5, 0.6) is 5.75 Å². The van der Waals surface area contributed by atoms with Gasteiger partial charge in [-0.3, -0.25) is 14.5 Å². The minimum Gasteiger partial charge on any atom is -0.497 e. The number of rotatable bonds is 5. The molecule has 1 N–H and O–H groups in total. The molecule has 4 rings (SSSR count). The van der Waals surface area contributed by atoms with Gasteiger partial charge in [0.15, 0.2) is 5.54 Å². The van der Waals surface area contributed by atoms with Crippen LogP contribution < -0.4 is 15.0 Å². The number of hydrogen-bond donors (Lipinski definition) is 1. The second kappa shape index (κ2) is 7.91. The van der Waals surface area contributed by atoms with Crippen LogP contribution >= 0.6 is 0 Å². The number of anilines is 2. The van der Waals surface area contributed by atoms with Crippen molar-refractivity contribution in [2.45, 2.75) is 32.7 Å². The Hall–Kier alpha value is -3.60. The molecular formula is C26H26N2O3. The largest absolute Gasteiger partial charge is 0.497 e. The Morgan fingerprint density at radius 2 is 1.55 bits per heavy atom. The summed E-state index contributed by atoms with van der Waals surface area (Å²) < 4.78 is 5.29. The van der Waals surface area contributed by atoms with Gasteiger partial charge in [0.25, 0.3) is 5.91 Å². The molecule has 0 spiro atoms. The maximum absolute atomic E-state index is 13.8. The third kappa shape index (κ3) is 3.46. The first-order chi connectivity index (χ1) is 14.9. The summed E-state index contributed by atoms with van der Waals surface area (Å²) in [6.45, 7) is 5.92. The maximum atomic E-state index is 13.8. The SMILES string of the molecule is COc1ccc([C@]2(C(=O)Nc3c(C)cccc3C)CC(=O)N2c2ccc(C)cc2)cc1. The second-order valence-corrected chi connectivity index (χ2v) is 8.05. The Labute approximate surface area is 182 Å². The molecule has 2 amide bonds. The first kappa shape index (κ1) is 20.7. The molecule has 1 aliphatic heterocycles. The molecule has 31 heavy (non-hydrogen) atoms. The van der Waals surface area contributed by atoms with Crippen molar-refractivity contribution in [3.8, 4) is 5.75 Å². The summed E-state index contributed by atoms with van der Waals surface area (Å²) in [5, 5.41) is 3.12. The highest BCUT2D eigenvalue weighted by Gasteiger charge is 2.58. The number of benzene rings is 3. The predicted molar refractivity (Wildman–Crippen MR) is 122 cm³/mol. The van der Waals surface area contributed by atoms with Crippen LogP contribution in [-0.4, -0.2) is 18.9 Å². The van der Waals surface area contributed by atoms with Crippen molar-refractivity contribution >= 4 is 23.2 Å². The van der Waals surface area contributed by atoms with Crippen LogP contribution in [0.1, 0.15) is 28.7 Å². The van der Waals surface area contributed by atoms with Crippen LogP contribution in [0, 0.1) is 20.8 Å². The van der Waals surface area contributed by atoms with Crippen LogP contribution in [0.2, 0.25) is 0 Å². The number of amides is 2. The molecule has 5 heteroatoms. The fourth-order valence-electron chi connectivity index (χ4n) is 4.20. The lowest BCUT2D eigenvalue weighted by Gasteiger charge is -2.50. The van der Waals surface area contributed by atoms with Gasteiger partial charge in [0.2, 0.25) is 5.91 Å². The smallest absolute Gasteiger partial charge is 0.255 e. The average Bonchev–Trinajstić information content (AvgIpc) is 2.76. The Bertz CT molecular complexity index is 1120. The van der Waals surface area contributed by atoms with E-state index >= 15 is 0 Å². The van der Waals surface area contributed by atoms with E-state index < -0.39 is 5.54 Å². The highest BCUT2D eigenvalue weighted by Crippen LogP contribution is 2.46. The number of methoxy groups -OCH3 is 1. The Morgan fingerprint density at radius 3 is 2.10 bits per heavy atom. The number of para-hydroxylation sites is 1. The van der Waals surface area contributed by atoms with Gasteiger partial charge in [-0.2, -0.15) is 0 Å². The third-order valence-corrected chi connectivity index (χ3v) is 5.99.